The van der Waals surface area contributed by atoms with Crippen LogP contribution in [-0.4, -0.2) is 21.3 Å². The van der Waals surface area contributed by atoms with Gasteiger partial charge in [-0.15, -0.1) is 0 Å². The predicted molar refractivity (Wildman–Crippen MR) is 58.5 cm³/mol. The minimum absolute atomic E-state index is 0.259. The zero-order chi connectivity index (χ0) is 10.7. The first-order valence-corrected chi connectivity index (χ1v) is 4.98. The molecular weight excluding hydrogens is 260 g/mol. The number of nitrogens with zero attached hydrogens (tertiary/aromatic N) is 2. The van der Waals surface area contributed by atoms with E-state index in [9.17, 15) is 4.79 Å². The highest BCUT2D eigenvalue weighted by atomic mass is 79.9. The summed E-state index contributed by atoms with van der Waals surface area (Å²) in [6.07, 6.45) is 1.37. The number of benzene rings is 1. The Morgan fingerprint density at radius 2 is 2.33 bits per heavy atom. The summed E-state index contributed by atoms with van der Waals surface area (Å²) in [7, 11) is 0. The summed E-state index contributed by atoms with van der Waals surface area (Å²) in [4.78, 5) is 11.5. The topological polar surface area (TPSA) is 70.7 Å². The first kappa shape index (κ1) is 9.85. The van der Waals surface area contributed by atoms with E-state index in [0.29, 0.717) is 5.69 Å². The summed E-state index contributed by atoms with van der Waals surface area (Å²) in [6, 6.07) is 7.31. The van der Waals surface area contributed by atoms with Crippen molar-refractivity contribution < 1.29 is 4.79 Å². The van der Waals surface area contributed by atoms with Crippen molar-refractivity contribution in [2.45, 2.75) is 0 Å². The third-order valence-electron chi connectivity index (χ3n) is 1.73. The molecule has 0 saturated carbocycles. The molecule has 1 amide bonds. The Morgan fingerprint density at radius 1 is 1.47 bits per heavy atom. The number of nitrogens with one attached hydrogen (secondary N) is 2. The van der Waals surface area contributed by atoms with Crippen molar-refractivity contribution in [2.75, 3.05) is 5.32 Å². The number of aromatic amines is 1. The summed E-state index contributed by atoms with van der Waals surface area (Å²) < 4.78 is 0.903. The van der Waals surface area contributed by atoms with E-state index in [0.717, 1.165) is 4.47 Å². The Kier molecular flexibility index (Phi) is 2.77. The lowest BCUT2D eigenvalue weighted by atomic mass is 10.3. The normalized spacial score (nSPS) is 9.93. The van der Waals surface area contributed by atoms with Gasteiger partial charge in [0.05, 0.1) is 6.20 Å². The predicted octanol–water partition coefficient (Wildman–Crippen LogP) is 1.82. The lowest BCUT2D eigenvalue weighted by Gasteiger charge is -2.02. The van der Waals surface area contributed by atoms with Crippen LogP contribution in [0.15, 0.2) is 34.9 Å². The van der Waals surface area contributed by atoms with Crippen LogP contribution in [0.4, 0.5) is 5.69 Å². The molecule has 2 N–H and O–H groups in total. The molecule has 0 spiro atoms. The molecule has 0 unspecified atom stereocenters. The first-order valence-electron chi connectivity index (χ1n) is 4.18. The standard InChI is InChI=1S/C9H7BrN4O/c10-6-2-1-3-7(4-6)12-9(15)8-5-11-14-13-8/h1-5H,(H,12,15)(H,11,13,14). The van der Waals surface area contributed by atoms with Crippen LogP contribution in [0.3, 0.4) is 0 Å². The molecule has 5 nitrogen and oxygen atoms in total. The molecule has 15 heavy (non-hydrogen) atoms. The molecule has 2 aromatic rings. The number of H-pyrrole nitrogens is 1. The van der Waals surface area contributed by atoms with Gasteiger partial charge in [-0.25, -0.2) is 0 Å². The first-order chi connectivity index (χ1) is 7.25. The van der Waals surface area contributed by atoms with E-state index in [1.807, 2.05) is 12.1 Å². The zero-order valence-corrected chi connectivity index (χ0v) is 9.15. The summed E-state index contributed by atoms with van der Waals surface area (Å²) in [5, 5.41) is 12.3. The van der Waals surface area contributed by atoms with E-state index < -0.39 is 0 Å². The number of carbonyl (C=O) groups excluding carboxylic acids is 1. The van der Waals surface area contributed by atoms with Crippen molar-refractivity contribution in [2.24, 2.45) is 0 Å². The molecule has 0 aliphatic carbocycles. The quantitative estimate of drug-likeness (QED) is 0.871. The Bertz CT molecular complexity index is 469. The maximum atomic E-state index is 11.5. The highest BCUT2D eigenvalue weighted by Gasteiger charge is 2.08. The van der Waals surface area contributed by atoms with Gasteiger partial charge in [-0.3, -0.25) is 4.79 Å². The van der Waals surface area contributed by atoms with Crippen molar-refractivity contribution in [3.8, 4) is 0 Å². The lowest BCUT2D eigenvalue weighted by Crippen LogP contribution is -2.12. The van der Waals surface area contributed by atoms with Gasteiger partial charge >= 0.3 is 0 Å². The summed E-state index contributed by atoms with van der Waals surface area (Å²) in [5.41, 5.74) is 0.965. The largest absolute Gasteiger partial charge is 0.321 e. The van der Waals surface area contributed by atoms with Crippen LogP contribution in [0.25, 0.3) is 0 Å². The Labute approximate surface area is 94.0 Å². The van der Waals surface area contributed by atoms with Gasteiger partial charge in [0.15, 0.2) is 5.69 Å². The van der Waals surface area contributed by atoms with E-state index in [1.54, 1.807) is 12.1 Å². The molecule has 1 aromatic carbocycles. The molecule has 0 aliphatic heterocycles. The number of anilines is 1. The second-order valence-electron chi connectivity index (χ2n) is 2.82. The van der Waals surface area contributed by atoms with Gasteiger partial charge in [0.25, 0.3) is 5.91 Å². The number of halogens is 1. The molecule has 0 saturated heterocycles. The van der Waals surface area contributed by atoms with Crippen LogP contribution >= 0.6 is 15.9 Å². The number of hydrogen-bond acceptors (Lipinski definition) is 3. The SMILES string of the molecule is O=C(Nc1cccc(Br)c1)c1cn[nH]n1. The smallest absolute Gasteiger partial charge is 0.277 e. The third kappa shape index (κ3) is 2.41. The van der Waals surface area contributed by atoms with E-state index in [4.69, 9.17) is 0 Å². The number of amides is 1. The van der Waals surface area contributed by atoms with Crippen LogP contribution in [0.2, 0.25) is 0 Å². The minimum Gasteiger partial charge on any atom is -0.321 e. The van der Waals surface area contributed by atoms with Crippen LogP contribution < -0.4 is 5.32 Å². The summed E-state index contributed by atoms with van der Waals surface area (Å²) in [5.74, 6) is -0.290. The van der Waals surface area contributed by atoms with Crippen LogP contribution in [0.1, 0.15) is 10.5 Å². The van der Waals surface area contributed by atoms with E-state index in [2.05, 4.69) is 36.7 Å². The van der Waals surface area contributed by atoms with Gasteiger partial charge < -0.3 is 5.32 Å². The molecule has 0 aliphatic rings. The average molecular weight is 267 g/mol. The lowest BCUT2D eigenvalue weighted by molar-refractivity contribution is 0.102. The second-order valence-corrected chi connectivity index (χ2v) is 3.74. The summed E-state index contributed by atoms with van der Waals surface area (Å²) >= 11 is 3.32. The Hall–Kier alpha value is -1.69. The fourth-order valence-corrected chi connectivity index (χ4v) is 1.47. The average Bonchev–Trinajstić information content (AvgIpc) is 2.70. The van der Waals surface area contributed by atoms with Crippen molar-refractivity contribution in [1.29, 1.82) is 0 Å². The number of carbonyl (C=O) groups is 1. The highest BCUT2D eigenvalue weighted by Crippen LogP contribution is 2.15. The zero-order valence-electron chi connectivity index (χ0n) is 7.57. The molecule has 76 valence electrons. The Morgan fingerprint density at radius 3 is 3.00 bits per heavy atom. The van der Waals surface area contributed by atoms with Gasteiger partial charge in [-0.2, -0.15) is 15.4 Å². The van der Waals surface area contributed by atoms with Crippen LogP contribution in [-0.2, 0) is 0 Å². The van der Waals surface area contributed by atoms with Gasteiger partial charge in [-0.05, 0) is 18.2 Å². The minimum atomic E-state index is -0.290. The molecular formula is C9H7BrN4O. The molecule has 0 fully saturated rings. The van der Waals surface area contributed by atoms with Gasteiger partial charge in [0.2, 0.25) is 0 Å². The van der Waals surface area contributed by atoms with Crippen LogP contribution in [0.5, 0.6) is 0 Å². The van der Waals surface area contributed by atoms with Crippen molar-refractivity contribution >= 4 is 27.5 Å². The van der Waals surface area contributed by atoms with Gasteiger partial charge in [0, 0.05) is 10.2 Å². The molecule has 0 atom stereocenters. The summed E-state index contributed by atoms with van der Waals surface area (Å²) in [6.45, 7) is 0. The molecule has 2 rings (SSSR count). The second kappa shape index (κ2) is 4.22. The Balaban J connectivity index is 2.13. The molecule has 6 heteroatoms. The van der Waals surface area contributed by atoms with Gasteiger partial charge in [0.1, 0.15) is 0 Å². The number of rotatable bonds is 2. The maximum absolute atomic E-state index is 11.5. The fraction of sp³-hybridized carbons (Fsp3) is 0. The van der Waals surface area contributed by atoms with Gasteiger partial charge in [-0.1, -0.05) is 22.0 Å². The van der Waals surface area contributed by atoms with Crippen LogP contribution in [0, 0.1) is 0 Å². The molecule has 0 bridgehead atoms. The van der Waals surface area contributed by atoms with E-state index in [-0.39, 0.29) is 11.6 Å². The monoisotopic (exact) mass is 266 g/mol. The van der Waals surface area contributed by atoms with E-state index in [1.165, 1.54) is 6.20 Å². The van der Waals surface area contributed by atoms with E-state index >= 15 is 0 Å². The third-order valence-corrected chi connectivity index (χ3v) is 2.22. The fourth-order valence-electron chi connectivity index (χ4n) is 1.07. The number of hydrogen-bond donors (Lipinski definition) is 2. The van der Waals surface area contributed by atoms with Crippen molar-refractivity contribution in [3.05, 3.63) is 40.6 Å². The van der Waals surface area contributed by atoms with Crippen molar-refractivity contribution in [1.82, 2.24) is 15.4 Å². The molecule has 1 aromatic heterocycles. The van der Waals surface area contributed by atoms with Crippen molar-refractivity contribution in [3.63, 3.8) is 0 Å². The highest BCUT2D eigenvalue weighted by molar-refractivity contribution is 9.10. The number of aromatic nitrogens is 3. The molecule has 1 heterocycles. The molecule has 0 radical (unpaired) electrons. The maximum Gasteiger partial charge on any atom is 0.277 e.